The van der Waals surface area contributed by atoms with Crippen molar-refractivity contribution in [1.82, 2.24) is 10.6 Å². The average molecular weight is 321 g/mol. The van der Waals surface area contributed by atoms with Crippen molar-refractivity contribution in [3.8, 4) is 0 Å². The van der Waals surface area contributed by atoms with E-state index >= 15 is 0 Å². The molecule has 0 aliphatic carbocycles. The van der Waals surface area contributed by atoms with E-state index < -0.39 is 11.7 Å². The molecule has 6 heteroatoms. The number of nitrogens with one attached hydrogen (secondary N) is 2. The van der Waals surface area contributed by atoms with Gasteiger partial charge in [0.2, 0.25) is 5.91 Å². The first kappa shape index (κ1) is 16.0. The van der Waals surface area contributed by atoms with Crippen LogP contribution in [0.5, 0.6) is 0 Å². The Labute approximate surface area is 132 Å². The fourth-order valence-corrected chi connectivity index (χ4v) is 1.96. The third kappa shape index (κ3) is 4.56. The lowest BCUT2D eigenvalue weighted by molar-refractivity contribution is -0.120. The Morgan fingerprint density at radius 2 is 1.68 bits per heavy atom. The first-order chi connectivity index (χ1) is 10.6. The van der Waals surface area contributed by atoms with Gasteiger partial charge in [-0.1, -0.05) is 29.8 Å². The number of benzene rings is 2. The van der Waals surface area contributed by atoms with E-state index in [0.717, 1.165) is 5.56 Å². The van der Waals surface area contributed by atoms with Gasteiger partial charge in [-0.05, 0) is 35.9 Å². The third-order valence-corrected chi connectivity index (χ3v) is 3.32. The summed E-state index contributed by atoms with van der Waals surface area (Å²) in [4.78, 5) is 23.4. The van der Waals surface area contributed by atoms with Crippen LogP contribution in [0, 0.1) is 5.82 Å². The first-order valence-electron chi connectivity index (χ1n) is 6.60. The molecule has 114 valence electrons. The molecule has 0 unspecified atom stereocenters. The normalized spacial score (nSPS) is 10.1. The molecule has 0 atom stereocenters. The number of amides is 2. The Balaban J connectivity index is 1.79. The molecule has 0 fully saturated rings. The van der Waals surface area contributed by atoms with Gasteiger partial charge in [0, 0.05) is 17.1 Å². The van der Waals surface area contributed by atoms with Crippen LogP contribution in [-0.2, 0) is 11.3 Å². The van der Waals surface area contributed by atoms with Gasteiger partial charge in [0.15, 0.2) is 0 Å². The highest BCUT2D eigenvalue weighted by molar-refractivity contribution is 6.31. The summed E-state index contributed by atoms with van der Waals surface area (Å²) in [6, 6.07) is 12.2. The Bertz CT molecular complexity index is 674. The molecule has 0 saturated heterocycles. The minimum absolute atomic E-state index is 0.166. The van der Waals surface area contributed by atoms with Gasteiger partial charge >= 0.3 is 0 Å². The van der Waals surface area contributed by atoms with Crippen LogP contribution in [0.3, 0.4) is 0 Å². The largest absolute Gasteiger partial charge is 0.350 e. The van der Waals surface area contributed by atoms with Crippen LogP contribution >= 0.6 is 11.6 Å². The van der Waals surface area contributed by atoms with E-state index in [1.165, 1.54) is 24.3 Å². The van der Waals surface area contributed by atoms with Gasteiger partial charge in [-0.25, -0.2) is 4.39 Å². The summed E-state index contributed by atoms with van der Waals surface area (Å²) in [7, 11) is 0. The molecule has 0 aliphatic heterocycles. The number of hydrogen-bond donors (Lipinski definition) is 2. The Hall–Kier alpha value is -2.40. The van der Waals surface area contributed by atoms with Crippen LogP contribution in [0.2, 0.25) is 5.02 Å². The summed E-state index contributed by atoms with van der Waals surface area (Å²) in [6.45, 7) is 0.117. The number of carbonyl (C=O) groups is 2. The van der Waals surface area contributed by atoms with Gasteiger partial charge in [0.1, 0.15) is 5.82 Å². The standard InChI is InChI=1S/C16H14ClFN2O2/c17-14-4-2-1-3-12(14)9-19-15(21)10-20-16(22)11-5-7-13(18)8-6-11/h1-8H,9-10H2,(H,19,21)(H,20,22). The molecule has 2 amide bonds. The van der Waals surface area contributed by atoms with Gasteiger partial charge in [-0.15, -0.1) is 0 Å². The quantitative estimate of drug-likeness (QED) is 0.889. The minimum atomic E-state index is -0.437. The van der Waals surface area contributed by atoms with E-state index in [4.69, 9.17) is 11.6 Å². The predicted octanol–water partition coefficient (Wildman–Crippen LogP) is 2.53. The molecule has 22 heavy (non-hydrogen) atoms. The smallest absolute Gasteiger partial charge is 0.251 e. The highest BCUT2D eigenvalue weighted by Crippen LogP contribution is 2.14. The van der Waals surface area contributed by atoms with Crippen LogP contribution in [0.4, 0.5) is 4.39 Å². The summed E-state index contributed by atoms with van der Waals surface area (Å²) in [5.74, 6) is -1.20. The summed E-state index contributed by atoms with van der Waals surface area (Å²) in [5.41, 5.74) is 1.09. The van der Waals surface area contributed by atoms with E-state index in [1.54, 1.807) is 18.2 Å². The Morgan fingerprint density at radius 1 is 1.00 bits per heavy atom. The number of hydrogen-bond acceptors (Lipinski definition) is 2. The van der Waals surface area contributed by atoms with Gasteiger partial charge in [0.05, 0.1) is 6.54 Å². The number of carbonyl (C=O) groups excluding carboxylic acids is 2. The molecule has 0 spiro atoms. The lowest BCUT2D eigenvalue weighted by Crippen LogP contribution is -2.36. The number of rotatable bonds is 5. The van der Waals surface area contributed by atoms with E-state index in [0.29, 0.717) is 10.6 Å². The van der Waals surface area contributed by atoms with E-state index in [1.807, 2.05) is 6.07 Å². The van der Waals surface area contributed by atoms with Crippen LogP contribution in [0.1, 0.15) is 15.9 Å². The molecule has 2 N–H and O–H groups in total. The molecule has 0 heterocycles. The highest BCUT2D eigenvalue weighted by Gasteiger charge is 2.08. The molecule has 0 aromatic heterocycles. The monoisotopic (exact) mass is 320 g/mol. The molecule has 4 nitrogen and oxygen atoms in total. The van der Waals surface area contributed by atoms with Gasteiger partial charge < -0.3 is 10.6 Å². The second-order valence-corrected chi connectivity index (χ2v) is 4.96. The van der Waals surface area contributed by atoms with E-state index in [-0.39, 0.29) is 19.0 Å². The van der Waals surface area contributed by atoms with Crippen molar-refractivity contribution in [2.45, 2.75) is 6.54 Å². The van der Waals surface area contributed by atoms with Crippen LogP contribution in [0.15, 0.2) is 48.5 Å². The predicted molar refractivity (Wildman–Crippen MR) is 82.0 cm³/mol. The minimum Gasteiger partial charge on any atom is -0.350 e. The zero-order chi connectivity index (χ0) is 15.9. The van der Waals surface area contributed by atoms with Crippen molar-refractivity contribution in [1.29, 1.82) is 0 Å². The molecule has 0 saturated carbocycles. The third-order valence-electron chi connectivity index (χ3n) is 2.95. The molecular formula is C16H14ClFN2O2. The van der Waals surface area contributed by atoms with Gasteiger partial charge in [-0.2, -0.15) is 0 Å². The maximum atomic E-state index is 12.8. The fraction of sp³-hybridized carbons (Fsp3) is 0.125. The number of halogens is 2. The highest BCUT2D eigenvalue weighted by atomic mass is 35.5. The van der Waals surface area contributed by atoms with Crippen LogP contribution in [0.25, 0.3) is 0 Å². The van der Waals surface area contributed by atoms with Crippen molar-refractivity contribution in [2.75, 3.05) is 6.54 Å². The first-order valence-corrected chi connectivity index (χ1v) is 6.98. The fourth-order valence-electron chi connectivity index (χ4n) is 1.76. The van der Waals surface area contributed by atoms with Gasteiger partial charge in [0.25, 0.3) is 5.91 Å². The lowest BCUT2D eigenvalue weighted by Gasteiger charge is -2.08. The second-order valence-electron chi connectivity index (χ2n) is 4.56. The van der Waals surface area contributed by atoms with Crippen LogP contribution < -0.4 is 10.6 Å². The topological polar surface area (TPSA) is 58.2 Å². The molecular weight excluding hydrogens is 307 g/mol. The second kappa shape index (κ2) is 7.56. The summed E-state index contributed by atoms with van der Waals surface area (Å²) in [5, 5.41) is 5.69. The SMILES string of the molecule is O=C(CNC(=O)c1ccc(F)cc1)NCc1ccccc1Cl. The van der Waals surface area contributed by atoms with E-state index in [9.17, 15) is 14.0 Å². The lowest BCUT2D eigenvalue weighted by atomic mass is 10.2. The summed E-state index contributed by atoms with van der Waals surface area (Å²) in [6.07, 6.45) is 0. The maximum absolute atomic E-state index is 12.8. The van der Waals surface area contributed by atoms with E-state index in [2.05, 4.69) is 10.6 Å². The molecule has 0 bridgehead atoms. The summed E-state index contributed by atoms with van der Waals surface area (Å²) < 4.78 is 12.8. The molecule has 2 rings (SSSR count). The summed E-state index contributed by atoms with van der Waals surface area (Å²) >= 11 is 5.98. The average Bonchev–Trinajstić information content (AvgIpc) is 2.52. The van der Waals surface area contributed by atoms with Crippen molar-refractivity contribution in [3.63, 3.8) is 0 Å². The molecule has 2 aromatic rings. The molecule has 0 radical (unpaired) electrons. The van der Waals surface area contributed by atoms with Crippen molar-refractivity contribution < 1.29 is 14.0 Å². The maximum Gasteiger partial charge on any atom is 0.251 e. The Morgan fingerprint density at radius 3 is 2.36 bits per heavy atom. The van der Waals surface area contributed by atoms with Gasteiger partial charge in [-0.3, -0.25) is 9.59 Å². The van der Waals surface area contributed by atoms with Crippen molar-refractivity contribution in [3.05, 3.63) is 70.5 Å². The molecule has 2 aromatic carbocycles. The van der Waals surface area contributed by atoms with Crippen molar-refractivity contribution >= 4 is 23.4 Å². The molecule has 0 aliphatic rings. The zero-order valence-electron chi connectivity index (χ0n) is 11.6. The van der Waals surface area contributed by atoms with Crippen LogP contribution in [-0.4, -0.2) is 18.4 Å². The van der Waals surface area contributed by atoms with Crippen molar-refractivity contribution in [2.24, 2.45) is 0 Å². The Kier molecular flexibility index (Phi) is 5.49. The zero-order valence-corrected chi connectivity index (χ0v) is 12.4.